The number of nitrogen functional groups attached to an aromatic ring is 1. The SMILES string of the molecule is CSc1ccc(OCc2nc(N)ccc2Cl)cc1. The van der Waals surface area contributed by atoms with Crippen LogP contribution in [0.2, 0.25) is 5.02 Å². The number of nitrogens with zero attached hydrogens (tertiary/aromatic N) is 1. The van der Waals surface area contributed by atoms with E-state index in [1.54, 1.807) is 23.9 Å². The number of ether oxygens (including phenoxy) is 1. The Balaban J connectivity index is 2.04. The minimum Gasteiger partial charge on any atom is -0.487 e. The van der Waals surface area contributed by atoms with Crippen molar-refractivity contribution in [3.8, 4) is 5.75 Å². The molecule has 0 bridgehead atoms. The van der Waals surface area contributed by atoms with Crippen LogP contribution in [0.4, 0.5) is 5.82 Å². The molecule has 0 aliphatic carbocycles. The van der Waals surface area contributed by atoms with Gasteiger partial charge in [0.15, 0.2) is 0 Å². The lowest BCUT2D eigenvalue weighted by Crippen LogP contribution is -2.01. The Kier molecular flexibility index (Phi) is 4.33. The number of hydrogen-bond donors (Lipinski definition) is 1. The summed E-state index contributed by atoms with van der Waals surface area (Å²) in [7, 11) is 0. The van der Waals surface area contributed by atoms with E-state index in [0.29, 0.717) is 23.1 Å². The lowest BCUT2D eigenvalue weighted by molar-refractivity contribution is 0.301. The van der Waals surface area contributed by atoms with Crippen LogP contribution < -0.4 is 10.5 Å². The number of hydrogen-bond acceptors (Lipinski definition) is 4. The second-order valence-electron chi connectivity index (χ2n) is 3.63. The third-order valence-corrected chi connectivity index (χ3v) is 3.46. The second kappa shape index (κ2) is 5.98. The maximum absolute atomic E-state index is 6.01. The van der Waals surface area contributed by atoms with Crippen molar-refractivity contribution < 1.29 is 4.74 Å². The van der Waals surface area contributed by atoms with Gasteiger partial charge in [0.1, 0.15) is 18.2 Å². The molecule has 0 amide bonds. The third-order valence-electron chi connectivity index (χ3n) is 2.38. The molecule has 0 unspecified atom stereocenters. The Hall–Kier alpha value is -1.39. The molecule has 0 radical (unpaired) electrons. The van der Waals surface area contributed by atoms with Gasteiger partial charge < -0.3 is 10.5 Å². The fourth-order valence-corrected chi connectivity index (χ4v) is 1.99. The molecule has 0 atom stereocenters. The van der Waals surface area contributed by atoms with E-state index < -0.39 is 0 Å². The third kappa shape index (κ3) is 3.31. The summed E-state index contributed by atoms with van der Waals surface area (Å²) in [5, 5.41) is 0.560. The van der Waals surface area contributed by atoms with Crippen LogP contribution in [0.3, 0.4) is 0 Å². The average molecular weight is 281 g/mol. The van der Waals surface area contributed by atoms with E-state index in [9.17, 15) is 0 Å². The Morgan fingerprint density at radius 1 is 1.22 bits per heavy atom. The van der Waals surface area contributed by atoms with Gasteiger partial charge in [-0.3, -0.25) is 0 Å². The van der Waals surface area contributed by atoms with Crippen molar-refractivity contribution in [3.05, 3.63) is 47.1 Å². The first-order valence-corrected chi connectivity index (χ1v) is 6.97. The van der Waals surface area contributed by atoms with Crippen LogP contribution in [0, 0.1) is 0 Å². The molecule has 18 heavy (non-hydrogen) atoms. The fraction of sp³-hybridized carbons (Fsp3) is 0.154. The van der Waals surface area contributed by atoms with Gasteiger partial charge in [0.2, 0.25) is 0 Å². The summed E-state index contributed by atoms with van der Waals surface area (Å²) in [6.07, 6.45) is 2.03. The molecule has 0 fully saturated rings. The zero-order chi connectivity index (χ0) is 13.0. The molecule has 1 aromatic carbocycles. The molecule has 5 heteroatoms. The Morgan fingerprint density at radius 2 is 1.94 bits per heavy atom. The number of rotatable bonds is 4. The van der Waals surface area contributed by atoms with Crippen molar-refractivity contribution in [3.63, 3.8) is 0 Å². The first-order chi connectivity index (χ1) is 8.69. The molecule has 0 saturated carbocycles. The largest absolute Gasteiger partial charge is 0.487 e. The monoisotopic (exact) mass is 280 g/mol. The van der Waals surface area contributed by atoms with E-state index >= 15 is 0 Å². The minimum absolute atomic E-state index is 0.308. The fourth-order valence-electron chi connectivity index (χ4n) is 1.43. The molecule has 0 spiro atoms. The predicted octanol–water partition coefficient (Wildman–Crippen LogP) is 3.62. The van der Waals surface area contributed by atoms with Crippen molar-refractivity contribution in [2.24, 2.45) is 0 Å². The molecule has 2 aromatic rings. The topological polar surface area (TPSA) is 48.1 Å². The van der Waals surface area contributed by atoms with Crippen LogP contribution in [-0.4, -0.2) is 11.2 Å². The van der Waals surface area contributed by atoms with Gasteiger partial charge in [0.05, 0.1) is 10.7 Å². The lowest BCUT2D eigenvalue weighted by Gasteiger charge is -2.08. The van der Waals surface area contributed by atoms with Gasteiger partial charge in [-0.2, -0.15) is 0 Å². The molecule has 94 valence electrons. The van der Waals surface area contributed by atoms with Gasteiger partial charge in [-0.25, -0.2) is 4.98 Å². The number of aromatic nitrogens is 1. The lowest BCUT2D eigenvalue weighted by atomic mass is 10.3. The molecule has 0 aliphatic rings. The van der Waals surface area contributed by atoms with Crippen molar-refractivity contribution in [1.29, 1.82) is 0 Å². The molecule has 1 aromatic heterocycles. The molecule has 2 N–H and O–H groups in total. The standard InChI is InChI=1S/C13H13ClN2OS/c1-18-10-4-2-9(3-5-10)17-8-12-11(14)6-7-13(15)16-12/h2-7H,8H2,1H3,(H2,15,16). The van der Waals surface area contributed by atoms with E-state index in [2.05, 4.69) is 4.98 Å². The van der Waals surface area contributed by atoms with Gasteiger partial charge in [0.25, 0.3) is 0 Å². The first-order valence-electron chi connectivity index (χ1n) is 5.37. The van der Waals surface area contributed by atoms with Crippen molar-refractivity contribution in [2.45, 2.75) is 11.5 Å². The summed E-state index contributed by atoms with van der Waals surface area (Å²) >= 11 is 7.70. The number of pyridine rings is 1. The highest BCUT2D eigenvalue weighted by Gasteiger charge is 2.04. The number of thioether (sulfide) groups is 1. The van der Waals surface area contributed by atoms with Crippen LogP contribution in [0.5, 0.6) is 5.75 Å². The van der Waals surface area contributed by atoms with Crippen LogP contribution in [-0.2, 0) is 6.61 Å². The summed E-state index contributed by atoms with van der Waals surface area (Å²) in [6.45, 7) is 0.308. The molecule has 1 heterocycles. The number of benzene rings is 1. The molecule has 0 saturated heterocycles. The summed E-state index contributed by atoms with van der Waals surface area (Å²) in [4.78, 5) is 5.33. The maximum atomic E-state index is 6.01. The highest BCUT2D eigenvalue weighted by atomic mass is 35.5. The summed E-state index contributed by atoms with van der Waals surface area (Å²) in [5.41, 5.74) is 6.25. The van der Waals surface area contributed by atoms with Crippen molar-refractivity contribution in [2.75, 3.05) is 12.0 Å². The Morgan fingerprint density at radius 3 is 2.61 bits per heavy atom. The average Bonchev–Trinajstić information content (AvgIpc) is 2.40. The van der Waals surface area contributed by atoms with E-state index in [-0.39, 0.29) is 0 Å². The molecular weight excluding hydrogens is 268 g/mol. The summed E-state index contributed by atoms with van der Waals surface area (Å²) in [6, 6.07) is 11.2. The van der Waals surface area contributed by atoms with E-state index in [4.69, 9.17) is 22.1 Å². The quantitative estimate of drug-likeness (QED) is 0.869. The van der Waals surface area contributed by atoms with E-state index in [1.807, 2.05) is 30.5 Å². The highest BCUT2D eigenvalue weighted by Crippen LogP contribution is 2.21. The summed E-state index contributed by atoms with van der Waals surface area (Å²) < 4.78 is 5.62. The molecular formula is C13H13ClN2OS. The number of halogens is 1. The van der Waals surface area contributed by atoms with E-state index in [0.717, 1.165) is 5.75 Å². The summed E-state index contributed by atoms with van der Waals surface area (Å²) in [5.74, 6) is 1.23. The van der Waals surface area contributed by atoms with Crippen LogP contribution in [0.25, 0.3) is 0 Å². The molecule has 3 nitrogen and oxygen atoms in total. The van der Waals surface area contributed by atoms with Crippen molar-refractivity contribution >= 4 is 29.2 Å². The van der Waals surface area contributed by atoms with Gasteiger partial charge in [-0.05, 0) is 42.7 Å². The van der Waals surface area contributed by atoms with Crippen LogP contribution in [0.15, 0.2) is 41.3 Å². The zero-order valence-corrected chi connectivity index (χ0v) is 11.5. The highest BCUT2D eigenvalue weighted by molar-refractivity contribution is 7.98. The maximum Gasteiger partial charge on any atom is 0.132 e. The minimum atomic E-state index is 0.308. The van der Waals surface area contributed by atoms with Gasteiger partial charge in [-0.15, -0.1) is 11.8 Å². The Bertz CT molecular complexity index is 531. The van der Waals surface area contributed by atoms with E-state index in [1.165, 1.54) is 4.90 Å². The number of nitrogens with two attached hydrogens (primary N) is 1. The molecule has 2 rings (SSSR count). The second-order valence-corrected chi connectivity index (χ2v) is 4.92. The zero-order valence-electron chi connectivity index (χ0n) is 9.89. The number of anilines is 1. The molecule has 0 aliphatic heterocycles. The van der Waals surface area contributed by atoms with Crippen molar-refractivity contribution in [1.82, 2.24) is 4.98 Å². The van der Waals surface area contributed by atoms with Gasteiger partial charge in [0, 0.05) is 4.90 Å². The smallest absolute Gasteiger partial charge is 0.132 e. The Labute approximate surface area is 115 Å². The van der Waals surface area contributed by atoms with Gasteiger partial charge in [-0.1, -0.05) is 11.6 Å². The predicted molar refractivity (Wildman–Crippen MR) is 76.2 cm³/mol. The van der Waals surface area contributed by atoms with Gasteiger partial charge >= 0.3 is 0 Å². The van der Waals surface area contributed by atoms with Crippen LogP contribution in [0.1, 0.15) is 5.69 Å². The normalized spacial score (nSPS) is 10.3. The first kappa shape index (κ1) is 13.1. The van der Waals surface area contributed by atoms with Crippen LogP contribution >= 0.6 is 23.4 Å².